The van der Waals surface area contributed by atoms with Crippen LogP contribution in [-0.4, -0.2) is 27.9 Å². The quantitative estimate of drug-likeness (QED) is 0.229. The van der Waals surface area contributed by atoms with Gasteiger partial charge in [-0.25, -0.2) is 4.98 Å². The molecule has 160 valence electrons. The number of hydrogen-bond acceptors (Lipinski definition) is 7. The lowest BCUT2D eigenvalue weighted by molar-refractivity contribution is -0.384. The maximum atomic E-state index is 13.1. The van der Waals surface area contributed by atoms with Crippen LogP contribution in [0.3, 0.4) is 0 Å². The van der Waals surface area contributed by atoms with Crippen LogP contribution in [0.25, 0.3) is 16.3 Å². The second-order valence-corrected chi connectivity index (χ2v) is 7.81. The van der Waals surface area contributed by atoms with Gasteiger partial charge >= 0.3 is 0 Å². The second kappa shape index (κ2) is 9.36. The SMILES string of the molecule is COc1ccc2nc(N(Cc3cccnc3)C(=O)/C=C/c3ccc([N+](=O)[O-])cc3)sc2c1. The third-order valence-electron chi connectivity index (χ3n) is 4.67. The molecule has 32 heavy (non-hydrogen) atoms. The molecule has 9 heteroatoms. The number of pyridine rings is 1. The van der Waals surface area contributed by atoms with E-state index in [-0.39, 0.29) is 11.6 Å². The molecule has 0 aliphatic heterocycles. The maximum Gasteiger partial charge on any atom is 0.269 e. The number of benzene rings is 2. The van der Waals surface area contributed by atoms with Crippen LogP contribution >= 0.6 is 11.3 Å². The number of carbonyl (C=O) groups is 1. The van der Waals surface area contributed by atoms with E-state index in [2.05, 4.69) is 9.97 Å². The highest BCUT2D eigenvalue weighted by Gasteiger charge is 2.19. The number of methoxy groups -OCH3 is 1. The minimum atomic E-state index is -0.462. The van der Waals surface area contributed by atoms with Crippen LogP contribution in [0.2, 0.25) is 0 Å². The van der Waals surface area contributed by atoms with Gasteiger partial charge in [0.2, 0.25) is 0 Å². The van der Waals surface area contributed by atoms with E-state index in [4.69, 9.17) is 4.74 Å². The molecule has 4 aromatic rings. The van der Waals surface area contributed by atoms with E-state index >= 15 is 0 Å². The van der Waals surface area contributed by atoms with Gasteiger partial charge in [-0.3, -0.25) is 24.8 Å². The van der Waals surface area contributed by atoms with Gasteiger partial charge in [0.1, 0.15) is 5.75 Å². The van der Waals surface area contributed by atoms with Gasteiger partial charge in [0, 0.05) is 30.6 Å². The Morgan fingerprint density at radius 2 is 2.03 bits per heavy atom. The molecule has 0 aliphatic rings. The summed E-state index contributed by atoms with van der Waals surface area (Å²) in [6, 6.07) is 15.3. The summed E-state index contributed by atoms with van der Waals surface area (Å²) >= 11 is 1.39. The van der Waals surface area contributed by atoms with Gasteiger partial charge in [-0.1, -0.05) is 17.4 Å². The van der Waals surface area contributed by atoms with Crippen molar-refractivity contribution in [3.63, 3.8) is 0 Å². The van der Waals surface area contributed by atoms with Crippen molar-refractivity contribution in [2.24, 2.45) is 0 Å². The zero-order chi connectivity index (χ0) is 22.5. The molecule has 0 unspecified atom stereocenters. The lowest BCUT2D eigenvalue weighted by atomic mass is 10.2. The van der Waals surface area contributed by atoms with E-state index in [1.54, 1.807) is 42.6 Å². The van der Waals surface area contributed by atoms with Gasteiger partial charge in [-0.05, 0) is 53.6 Å². The lowest BCUT2D eigenvalue weighted by Gasteiger charge is -2.18. The molecule has 0 saturated heterocycles. The number of rotatable bonds is 7. The molecule has 1 amide bonds. The number of nitrogens with zero attached hydrogens (tertiary/aromatic N) is 4. The highest BCUT2D eigenvalue weighted by molar-refractivity contribution is 7.22. The van der Waals surface area contributed by atoms with Gasteiger partial charge < -0.3 is 4.74 Å². The highest BCUT2D eigenvalue weighted by Crippen LogP contribution is 2.32. The summed E-state index contributed by atoms with van der Waals surface area (Å²) in [4.78, 5) is 33.8. The molecular weight excluding hydrogens is 428 g/mol. The first-order valence-electron chi connectivity index (χ1n) is 9.61. The van der Waals surface area contributed by atoms with Crippen molar-refractivity contribution < 1.29 is 14.5 Å². The topological polar surface area (TPSA) is 98.5 Å². The molecule has 0 atom stereocenters. The van der Waals surface area contributed by atoms with Gasteiger partial charge in [-0.15, -0.1) is 0 Å². The van der Waals surface area contributed by atoms with Crippen LogP contribution in [0.4, 0.5) is 10.8 Å². The average molecular weight is 446 g/mol. The molecular formula is C23H18N4O4S. The van der Waals surface area contributed by atoms with Crippen LogP contribution < -0.4 is 9.64 Å². The van der Waals surface area contributed by atoms with Crippen LogP contribution in [0.15, 0.2) is 73.1 Å². The van der Waals surface area contributed by atoms with Gasteiger partial charge in [-0.2, -0.15) is 0 Å². The van der Waals surface area contributed by atoms with Gasteiger partial charge in [0.15, 0.2) is 5.13 Å². The first-order chi connectivity index (χ1) is 15.5. The van der Waals surface area contributed by atoms with Crippen LogP contribution in [0.1, 0.15) is 11.1 Å². The summed E-state index contributed by atoms with van der Waals surface area (Å²) in [5, 5.41) is 11.4. The smallest absolute Gasteiger partial charge is 0.269 e. The predicted octanol–water partition coefficient (Wildman–Crippen LogP) is 4.85. The van der Waals surface area contributed by atoms with E-state index in [1.165, 1.54) is 29.5 Å². The number of amides is 1. The maximum absolute atomic E-state index is 13.1. The number of ether oxygens (including phenoxy) is 1. The fourth-order valence-electron chi connectivity index (χ4n) is 3.01. The molecule has 0 bridgehead atoms. The number of anilines is 1. The Labute approximate surface area is 187 Å². The van der Waals surface area contributed by atoms with Crippen molar-refractivity contribution in [1.29, 1.82) is 0 Å². The number of carbonyl (C=O) groups excluding carboxylic acids is 1. The minimum Gasteiger partial charge on any atom is -0.497 e. The van der Waals surface area contributed by atoms with Crippen LogP contribution in [0.5, 0.6) is 5.75 Å². The van der Waals surface area contributed by atoms with E-state index in [1.807, 2.05) is 30.3 Å². The zero-order valence-electron chi connectivity index (χ0n) is 17.0. The van der Waals surface area contributed by atoms with Crippen molar-refractivity contribution >= 4 is 44.4 Å². The molecule has 0 radical (unpaired) electrons. The summed E-state index contributed by atoms with van der Waals surface area (Å²) in [6.45, 7) is 0.300. The molecule has 8 nitrogen and oxygen atoms in total. The number of non-ortho nitro benzene ring substituents is 1. The highest BCUT2D eigenvalue weighted by atomic mass is 32.1. The van der Waals surface area contributed by atoms with E-state index in [0.29, 0.717) is 17.2 Å². The number of nitro benzene ring substituents is 1. The Balaban J connectivity index is 1.64. The Bertz CT molecular complexity index is 1290. The van der Waals surface area contributed by atoms with Gasteiger partial charge in [0.25, 0.3) is 11.6 Å². The molecule has 2 heterocycles. The summed E-state index contributed by atoms with van der Waals surface area (Å²) in [5.74, 6) is 0.453. The first-order valence-corrected chi connectivity index (χ1v) is 10.4. The number of fused-ring (bicyclic) bond motifs is 1. The van der Waals surface area contributed by atoms with E-state index in [0.717, 1.165) is 21.5 Å². The molecule has 0 spiro atoms. The van der Waals surface area contributed by atoms with Crippen LogP contribution in [-0.2, 0) is 11.3 Å². The summed E-state index contributed by atoms with van der Waals surface area (Å²) < 4.78 is 6.19. The first kappa shape index (κ1) is 21.1. The lowest BCUT2D eigenvalue weighted by Crippen LogP contribution is -2.28. The zero-order valence-corrected chi connectivity index (χ0v) is 17.9. The Hall–Kier alpha value is -4.11. The van der Waals surface area contributed by atoms with Crippen molar-refractivity contribution in [3.8, 4) is 5.75 Å². The number of hydrogen-bond donors (Lipinski definition) is 0. The molecule has 0 aliphatic carbocycles. The molecule has 0 fully saturated rings. The normalized spacial score (nSPS) is 11.0. The Morgan fingerprint density at radius 3 is 2.72 bits per heavy atom. The molecule has 2 aromatic heterocycles. The van der Waals surface area contributed by atoms with Crippen LogP contribution in [0, 0.1) is 10.1 Å². The minimum absolute atomic E-state index is 0.00316. The molecule has 0 N–H and O–H groups in total. The standard InChI is InChI=1S/C23H18N4O4S/c1-31-19-9-10-20-21(13-19)32-23(25-20)26(15-17-3-2-12-24-14-17)22(28)11-6-16-4-7-18(8-5-16)27(29)30/h2-14H,15H2,1H3/b11-6+. The summed E-state index contributed by atoms with van der Waals surface area (Å²) in [5.41, 5.74) is 2.31. The third kappa shape index (κ3) is 4.79. The molecule has 2 aromatic carbocycles. The van der Waals surface area contributed by atoms with Crippen molar-refractivity contribution in [2.45, 2.75) is 6.54 Å². The van der Waals surface area contributed by atoms with Gasteiger partial charge in [0.05, 0.1) is 28.8 Å². The second-order valence-electron chi connectivity index (χ2n) is 6.80. The van der Waals surface area contributed by atoms with Crippen molar-refractivity contribution in [1.82, 2.24) is 9.97 Å². The number of nitro groups is 1. The average Bonchev–Trinajstić information content (AvgIpc) is 3.24. The van der Waals surface area contributed by atoms with E-state index < -0.39 is 4.92 Å². The molecule has 4 rings (SSSR count). The summed E-state index contributed by atoms with van der Waals surface area (Å²) in [6.07, 6.45) is 6.44. The number of aromatic nitrogens is 2. The Morgan fingerprint density at radius 1 is 1.22 bits per heavy atom. The fraction of sp³-hybridized carbons (Fsp3) is 0.0870. The van der Waals surface area contributed by atoms with Crippen molar-refractivity contribution in [3.05, 3.63) is 94.3 Å². The number of thiazole rings is 1. The van der Waals surface area contributed by atoms with E-state index in [9.17, 15) is 14.9 Å². The third-order valence-corrected chi connectivity index (χ3v) is 5.71. The van der Waals surface area contributed by atoms with Crippen molar-refractivity contribution in [2.75, 3.05) is 12.0 Å². The summed E-state index contributed by atoms with van der Waals surface area (Å²) in [7, 11) is 1.60. The largest absolute Gasteiger partial charge is 0.497 e. The fourth-order valence-corrected chi connectivity index (χ4v) is 4.01. The predicted molar refractivity (Wildman–Crippen MR) is 124 cm³/mol. The molecule has 0 saturated carbocycles. The monoisotopic (exact) mass is 446 g/mol. The Kier molecular flexibility index (Phi) is 6.18.